The molecule has 0 spiro atoms. The molecule has 0 saturated heterocycles. The van der Waals surface area contributed by atoms with Gasteiger partial charge in [0.05, 0.1) is 22.7 Å². The van der Waals surface area contributed by atoms with E-state index in [4.69, 9.17) is 0 Å². The van der Waals surface area contributed by atoms with Crippen molar-refractivity contribution in [3.05, 3.63) is 48.0 Å². The molecule has 0 atom stereocenters. The molecule has 0 aromatic heterocycles. The molecule has 0 unspecified atom stereocenters. The smallest absolute Gasteiger partial charge is 0.211 e. The molecule has 2 rings (SSSR count). The summed E-state index contributed by atoms with van der Waals surface area (Å²) in [5.41, 5.74) is 2.55. The summed E-state index contributed by atoms with van der Waals surface area (Å²) < 4.78 is 0. The Morgan fingerprint density at radius 3 is 1.60 bits per heavy atom. The fourth-order valence-electron chi connectivity index (χ4n) is 1.63. The van der Waals surface area contributed by atoms with Gasteiger partial charge in [0.2, 0.25) is 24.3 Å². The Hall–Kier alpha value is -4.04. The van der Waals surface area contributed by atoms with Crippen LogP contribution >= 0.6 is 0 Å². The lowest BCUT2D eigenvalue weighted by atomic mass is 10.2. The maximum Gasteiger partial charge on any atom is 0.240 e. The largest absolute Gasteiger partial charge is 0.240 e. The monoisotopic (exact) mass is 334 g/mol. The van der Waals surface area contributed by atoms with E-state index in [-0.39, 0.29) is 0 Å². The van der Waals surface area contributed by atoms with Crippen LogP contribution in [0.3, 0.4) is 0 Å². The Morgan fingerprint density at radius 2 is 1.12 bits per heavy atom. The van der Waals surface area contributed by atoms with E-state index >= 15 is 0 Å². The molecule has 8 heteroatoms. The highest BCUT2D eigenvalue weighted by Gasteiger charge is 1.97. The van der Waals surface area contributed by atoms with E-state index in [1.807, 2.05) is 0 Å². The molecule has 0 aliphatic rings. The molecular weight excluding hydrogens is 324 g/mol. The first kappa shape index (κ1) is 19.0. The number of rotatable bonds is 4. The maximum absolute atomic E-state index is 10.00. The second kappa shape index (κ2) is 10.6. The number of carbonyl (C=O) groups excluding carboxylic acids is 4. The molecular formula is C17H10N4O4. The zero-order chi connectivity index (χ0) is 18.5. The summed E-state index contributed by atoms with van der Waals surface area (Å²) in [4.78, 5) is 53.2. The minimum atomic E-state index is 0.418. The van der Waals surface area contributed by atoms with Crippen LogP contribution in [0.15, 0.2) is 62.4 Å². The Bertz CT molecular complexity index is 912. The zero-order valence-electron chi connectivity index (χ0n) is 13.0. The Kier molecular flexibility index (Phi) is 8.10. The van der Waals surface area contributed by atoms with E-state index in [9.17, 15) is 19.2 Å². The highest BCUT2D eigenvalue weighted by Crippen LogP contribution is 2.23. The van der Waals surface area contributed by atoms with Crippen molar-refractivity contribution in [1.82, 2.24) is 0 Å². The van der Waals surface area contributed by atoms with E-state index in [1.54, 1.807) is 37.3 Å². The highest BCUT2D eigenvalue weighted by molar-refractivity contribution is 5.61. The molecule has 0 radical (unpaired) electrons. The second-order valence-corrected chi connectivity index (χ2v) is 4.30. The molecule has 0 fully saturated rings. The third-order valence-corrected chi connectivity index (χ3v) is 2.71. The number of hydrogen-bond acceptors (Lipinski definition) is 8. The Balaban J connectivity index is 0.000000251. The predicted molar refractivity (Wildman–Crippen MR) is 88.7 cm³/mol. The molecule has 0 amide bonds. The summed E-state index contributed by atoms with van der Waals surface area (Å²) in [6.45, 7) is 1.80. The van der Waals surface area contributed by atoms with Crippen molar-refractivity contribution < 1.29 is 19.2 Å². The lowest BCUT2D eigenvalue weighted by molar-refractivity contribution is 0.564. The first-order valence-corrected chi connectivity index (χ1v) is 6.66. The molecule has 25 heavy (non-hydrogen) atoms. The van der Waals surface area contributed by atoms with Crippen molar-refractivity contribution in [3.8, 4) is 0 Å². The summed E-state index contributed by atoms with van der Waals surface area (Å²) in [5.74, 6) is 0. The van der Waals surface area contributed by atoms with Crippen molar-refractivity contribution in [2.45, 2.75) is 6.92 Å². The molecule has 0 N–H and O–H groups in total. The van der Waals surface area contributed by atoms with Crippen LogP contribution in [0.25, 0.3) is 0 Å². The molecule has 8 nitrogen and oxygen atoms in total. The molecule has 122 valence electrons. The van der Waals surface area contributed by atoms with E-state index in [1.165, 1.54) is 36.5 Å². The third-order valence-electron chi connectivity index (χ3n) is 2.71. The molecule has 0 aliphatic carbocycles. The quantitative estimate of drug-likeness (QED) is 0.627. The molecule has 0 aliphatic heterocycles. The lowest BCUT2D eigenvalue weighted by Gasteiger charge is -1.97. The number of aliphatic imine (C=N–C) groups is 4. The maximum atomic E-state index is 10.00. The van der Waals surface area contributed by atoms with Gasteiger partial charge in [-0.1, -0.05) is 12.1 Å². The van der Waals surface area contributed by atoms with Gasteiger partial charge in [-0.15, -0.1) is 0 Å². The summed E-state index contributed by atoms with van der Waals surface area (Å²) in [7, 11) is 0. The van der Waals surface area contributed by atoms with Crippen LogP contribution in [0.1, 0.15) is 5.56 Å². The van der Waals surface area contributed by atoms with Gasteiger partial charge in [0, 0.05) is 0 Å². The summed E-state index contributed by atoms with van der Waals surface area (Å²) in [6.07, 6.45) is 5.61. The topological polar surface area (TPSA) is 118 Å². The molecule has 0 heterocycles. The molecule has 2 aromatic rings. The van der Waals surface area contributed by atoms with Gasteiger partial charge in [0.25, 0.3) is 0 Å². The van der Waals surface area contributed by atoms with Gasteiger partial charge in [-0.25, -0.2) is 19.2 Å². The zero-order valence-corrected chi connectivity index (χ0v) is 13.0. The van der Waals surface area contributed by atoms with Crippen LogP contribution in [-0.4, -0.2) is 24.3 Å². The first-order valence-electron chi connectivity index (χ1n) is 6.66. The van der Waals surface area contributed by atoms with Crippen LogP contribution in [0, 0.1) is 6.92 Å². The van der Waals surface area contributed by atoms with E-state index in [2.05, 4.69) is 20.0 Å². The van der Waals surface area contributed by atoms with Crippen LogP contribution in [-0.2, 0) is 19.2 Å². The second-order valence-electron chi connectivity index (χ2n) is 4.30. The molecule has 0 saturated carbocycles. The SMILES string of the molecule is Cc1ccc(N=C=O)cc1N=C=O.O=C=Nc1cccc(N=C=O)c1. The van der Waals surface area contributed by atoms with Gasteiger partial charge in [0.1, 0.15) is 0 Å². The Morgan fingerprint density at radius 1 is 0.640 bits per heavy atom. The Labute approximate surface area is 142 Å². The minimum absolute atomic E-state index is 0.418. The fraction of sp³-hybridized carbons (Fsp3) is 0.0588. The summed E-state index contributed by atoms with van der Waals surface area (Å²) >= 11 is 0. The average Bonchev–Trinajstić information content (AvgIpc) is 2.60. The molecule has 0 bridgehead atoms. The number of aryl methyl sites for hydroxylation is 1. The van der Waals surface area contributed by atoms with Gasteiger partial charge in [-0.05, 0) is 42.8 Å². The van der Waals surface area contributed by atoms with Crippen molar-refractivity contribution in [2.75, 3.05) is 0 Å². The summed E-state index contributed by atoms with van der Waals surface area (Å²) in [6, 6.07) is 11.2. The van der Waals surface area contributed by atoms with Crippen LogP contribution in [0.2, 0.25) is 0 Å². The fourth-order valence-corrected chi connectivity index (χ4v) is 1.63. The highest BCUT2D eigenvalue weighted by atomic mass is 16.1. The van der Waals surface area contributed by atoms with Crippen LogP contribution in [0.5, 0.6) is 0 Å². The first-order chi connectivity index (χ1) is 12.1. The lowest BCUT2D eigenvalue weighted by Crippen LogP contribution is -1.73. The minimum Gasteiger partial charge on any atom is -0.211 e. The van der Waals surface area contributed by atoms with Crippen molar-refractivity contribution in [1.29, 1.82) is 0 Å². The standard InChI is InChI=1S/C9H6N2O2.C8H4N2O2/c1-7-2-3-8(10-5-12)4-9(7)11-6-13;11-5-9-7-2-1-3-8(4-7)10-6-12/h2-4H,1H3;1-4H. The van der Waals surface area contributed by atoms with Gasteiger partial charge in [0.15, 0.2) is 0 Å². The van der Waals surface area contributed by atoms with Crippen LogP contribution in [0.4, 0.5) is 22.7 Å². The van der Waals surface area contributed by atoms with E-state index in [0.717, 1.165) is 5.56 Å². The summed E-state index contributed by atoms with van der Waals surface area (Å²) in [5, 5.41) is 0. The predicted octanol–water partition coefficient (Wildman–Crippen LogP) is 3.55. The average molecular weight is 334 g/mol. The third kappa shape index (κ3) is 6.72. The van der Waals surface area contributed by atoms with Gasteiger partial charge in [-0.2, -0.15) is 20.0 Å². The normalized spacial score (nSPS) is 8.20. The van der Waals surface area contributed by atoms with E-state index < -0.39 is 0 Å². The van der Waals surface area contributed by atoms with Gasteiger partial charge >= 0.3 is 0 Å². The van der Waals surface area contributed by atoms with Gasteiger partial charge in [-0.3, -0.25) is 0 Å². The van der Waals surface area contributed by atoms with Crippen molar-refractivity contribution in [3.63, 3.8) is 0 Å². The number of hydrogen-bond donors (Lipinski definition) is 0. The van der Waals surface area contributed by atoms with Crippen LogP contribution < -0.4 is 0 Å². The number of benzene rings is 2. The van der Waals surface area contributed by atoms with Crippen molar-refractivity contribution >= 4 is 47.1 Å². The molecule has 2 aromatic carbocycles. The number of nitrogens with zero attached hydrogens (tertiary/aromatic N) is 4. The van der Waals surface area contributed by atoms with E-state index in [0.29, 0.717) is 22.7 Å². The number of isocyanates is 4. The van der Waals surface area contributed by atoms with Crippen molar-refractivity contribution in [2.24, 2.45) is 20.0 Å². The van der Waals surface area contributed by atoms with Gasteiger partial charge < -0.3 is 0 Å².